The normalized spacial score (nSPS) is 13.2. The minimum absolute atomic E-state index is 0.0903. The van der Waals surface area contributed by atoms with Crippen LogP contribution in [-0.4, -0.2) is 85.2 Å². The van der Waals surface area contributed by atoms with Crippen LogP contribution < -0.4 is 22.1 Å². The van der Waals surface area contributed by atoms with Crippen LogP contribution in [0.5, 0.6) is 0 Å². The van der Waals surface area contributed by atoms with E-state index < -0.39 is 35.7 Å². The van der Waals surface area contributed by atoms with Gasteiger partial charge >= 0.3 is 12.1 Å². The van der Waals surface area contributed by atoms with Crippen molar-refractivity contribution in [2.45, 2.75) is 65.1 Å². The van der Waals surface area contributed by atoms with E-state index in [9.17, 15) is 19.2 Å². The van der Waals surface area contributed by atoms with Crippen molar-refractivity contribution in [2.75, 3.05) is 33.7 Å². The first kappa shape index (κ1) is 28.4. The van der Waals surface area contributed by atoms with Gasteiger partial charge in [-0.1, -0.05) is 13.8 Å². The molecule has 0 spiro atoms. The number of ether oxygens (including phenoxy) is 1. The van der Waals surface area contributed by atoms with Crippen LogP contribution in [0.4, 0.5) is 9.59 Å². The van der Waals surface area contributed by atoms with Crippen LogP contribution in [0.15, 0.2) is 0 Å². The molecule has 11 heteroatoms. The van der Waals surface area contributed by atoms with Crippen LogP contribution in [0.1, 0.15) is 47.5 Å². The van der Waals surface area contributed by atoms with Crippen molar-refractivity contribution in [3.8, 4) is 0 Å². The minimum atomic E-state index is -0.816. The molecule has 0 aromatic rings. The summed E-state index contributed by atoms with van der Waals surface area (Å²) in [6.45, 7) is 9.73. The lowest BCUT2D eigenvalue weighted by molar-refractivity contribution is -0.136. The van der Waals surface area contributed by atoms with Crippen molar-refractivity contribution in [3.05, 3.63) is 0 Å². The highest BCUT2D eigenvalue weighted by atomic mass is 16.6. The largest absolute Gasteiger partial charge is 0.444 e. The maximum atomic E-state index is 12.9. The van der Waals surface area contributed by atoms with E-state index in [0.29, 0.717) is 12.8 Å². The second-order valence-corrected chi connectivity index (χ2v) is 8.93. The maximum absolute atomic E-state index is 12.9. The lowest BCUT2D eigenvalue weighted by Gasteiger charge is -2.29. The van der Waals surface area contributed by atoms with E-state index >= 15 is 0 Å². The van der Waals surface area contributed by atoms with Gasteiger partial charge in [0, 0.05) is 33.7 Å². The van der Waals surface area contributed by atoms with E-state index in [1.54, 1.807) is 34.9 Å². The predicted molar refractivity (Wildman–Crippen MR) is 118 cm³/mol. The lowest BCUT2D eigenvalue weighted by Crippen LogP contribution is -2.54. The number of hydrogen-bond acceptors (Lipinski definition) is 6. The average molecular weight is 445 g/mol. The Morgan fingerprint density at radius 2 is 1.58 bits per heavy atom. The Kier molecular flexibility index (Phi) is 11.9. The number of nitrogens with two attached hydrogens (primary N) is 2. The first-order chi connectivity index (χ1) is 14.2. The number of hydrogen-bond donors (Lipinski definition) is 4. The van der Waals surface area contributed by atoms with Gasteiger partial charge in [0.15, 0.2) is 0 Å². The zero-order valence-corrected chi connectivity index (χ0v) is 19.9. The molecular weight excluding hydrogens is 404 g/mol. The Balaban J connectivity index is 4.98. The summed E-state index contributed by atoms with van der Waals surface area (Å²) in [5.41, 5.74) is 10.3. The summed E-state index contributed by atoms with van der Waals surface area (Å²) >= 11 is 0. The number of nitrogens with one attached hydrogen (secondary N) is 2. The summed E-state index contributed by atoms with van der Waals surface area (Å²) in [5, 5.41) is 5.16. The zero-order valence-electron chi connectivity index (χ0n) is 19.9. The molecule has 6 N–H and O–H groups in total. The molecular formula is C20H40N6O5. The van der Waals surface area contributed by atoms with Crippen LogP contribution in [0.3, 0.4) is 0 Å². The molecule has 0 saturated heterocycles. The second kappa shape index (κ2) is 13.0. The fraction of sp³-hybridized carbons (Fsp3) is 0.800. The highest BCUT2D eigenvalue weighted by molar-refractivity contribution is 5.89. The van der Waals surface area contributed by atoms with Gasteiger partial charge < -0.3 is 36.6 Å². The van der Waals surface area contributed by atoms with Crippen LogP contribution in [0, 0.1) is 5.92 Å². The van der Waals surface area contributed by atoms with Gasteiger partial charge in [-0.05, 0) is 39.5 Å². The predicted octanol–water partition coefficient (Wildman–Crippen LogP) is 0.228. The molecule has 31 heavy (non-hydrogen) atoms. The van der Waals surface area contributed by atoms with Gasteiger partial charge in [0.1, 0.15) is 11.6 Å². The topological polar surface area (TPSA) is 160 Å². The maximum Gasteiger partial charge on any atom is 0.410 e. The number of urea groups is 1. The third kappa shape index (κ3) is 12.0. The van der Waals surface area contributed by atoms with E-state index in [1.807, 2.05) is 13.8 Å². The molecule has 0 saturated carbocycles. The summed E-state index contributed by atoms with van der Waals surface area (Å²) in [5.74, 6) is -0.830. The summed E-state index contributed by atoms with van der Waals surface area (Å²) < 4.78 is 5.29. The number of likely N-dealkylation sites (N-methyl/N-ethyl adjacent to an activating group) is 2. The van der Waals surface area contributed by atoms with E-state index in [-0.39, 0.29) is 31.5 Å². The lowest BCUT2D eigenvalue weighted by atomic mass is 10.0. The fourth-order valence-corrected chi connectivity index (χ4v) is 2.45. The van der Waals surface area contributed by atoms with Crippen molar-refractivity contribution in [3.63, 3.8) is 0 Å². The molecule has 0 aliphatic rings. The number of primary amides is 1. The summed E-state index contributed by atoms with van der Waals surface area (Å²) in [6.07, 6.45) is 0.239. The standard InChI is InChI=1S/C20H40N6O5/c1-13(2)15(21)16(27)24-14(9-8-10-23-18(22)29)17(28)25(6)11-12-26(7)19(30)31-20(3,4)5/h13-15H,8-12,21H2,1-7H3,(H,24,27)(H3,22,23,29)/t14-,15-/m0/s1. The first-order valence-corrected chi connectivity index (χ1v) is 10.4. The van der Waals surface area contributed by atoms with E-state index in [2.05, 4.69) is 10.6 Å². The number of carbonyl (C=O) groups is 4. The Morgan fingerprint density at radius 1 is 1.03 bits per heavy atom. The van der Waals surface area contributed by atoms with E-state index in [0.717, 1.165) is 0 Å². The molecule has 5 amide bonds. The quantitative estimate of drug-likeness (QED) is 0.334. The molecule has 0 bridgehead atoms. The molecule has 0 unspecified atom stereocenters. The third-order valence-corrected chi connectivity index (χ3v) is 4.46. The molecule has 0 heterocycles. The Hall–Kier alpha value is -2.56. The molecule has 0 radical (unpaired) electrons. The van der Waals surface area contributed by atoms with Crippen molar-refractivity contribution < 1.29 is 23.9 Å². The smallest absolute Gasteiger partial charge is 0.410 e. The van der Waals surface area contributed by atoms with Gasteiger partial charge in [-0.15, -0.1) is 0 Å². The second-order valence-electron chi connectivity index (χ2n) is 8.93. The number of nitrogens with zero attached hydrogens (tertiary/aromatic N) is 2. The Bertz CT molecular complexity index is 620. The molecule has 0 aromatic heterocycles. The van der Waals surface area contributed by atoms with E-state index in [4.69, 9.17) is 16.2 Å². The minimum Gasteiger partial charge on any atom is -0.444 e. The Labute approximate surface area is 185 Å². The number of rotatable bonds is 11. The molecule has 0 aliphatic heterocycles. The van der Waals surface area contributed by atoms with Gasteiger partial charge in [-0.3, -0.25) is 9.59 Å². The van der Waals surface area contributed by atoms with Gasteiger partial charge in [0.2, 0.25) is 11.8 Å². The summed E-state index contributed by atoms with van der Waals surface area (Å²) in [4.78, 5) is 51.0. The number of carbonyl (C=O) groups excluding carboxylic acids is 4. The van der Waals surface area contributed by atoms with Gasteiger partial charge in [-0.2, -0.15) is 0 Å². The molecule has 0 rings (SSSR count). The van der Waals surface area contributed by atoms with Crippen molar-refractivity contribution in [1.82, 2.24) is 20.4 Å². The highest BCUT2D eigenvalue weighted by Gasteiger charge is 2.27. The highest BCUT2D eigenvalue weighted by Crippen LogP contribution is 2.09. The van der Waals surface area contributed by atoms with Crippen LogP contribution in [0.2, 0.25) is 0 Å². The van der Waals surface area contributed by atoms with Crippen LogP contribution >= 0.6 is 0 Å². The molecule has 0 fully saturated rings. The third-order valence-electron chi connectivity index (χ3n) is 4.46. The monoisotopic (exact) mass is 444 g/mol. The van der Waals surface area contributed by atoms with Gasteiger partial charge in [0.25, 0.3) is 0 Å². The molecule has 2 atom stereocenters. The van der Waals surface area contributed by atoms with Crippen molar-refractivity contribution >= 4 is 23.9 Å². The summed E-state index contributed by atoms with van der Waals surface area (Å²) in [6, 6.07) is -2.22. The molecule has 0 aliphatic carbocycles. The first-order valence-electron chi connectivity index (χ1n) is 10.4. The van der Waals surface area contributed by atoms with Crippen molar-refractivity contribution in [1.29, 1.82) is 0 Å². The number of amides is 5. The summed E-state index contributed by atoms with van der Waals surface area (Å²) in [7, 11) is 3.18. The van der Waals surface area contributed by atoms with Crippen molar-refractivity contribution in [2.24, 2.45) is 17.4 Å². The zero-order chi connectivity index (χ0) is 24.4. The fourth-order valence-electron chi connectivity index (χ4n) is 2.45. The van der Waals surface area contributed by atoms with Gasteiger partial charge in [0.05, 0.1) is 6.04 Å². The SMILES string of the molecule is CC(C)[C@H](N)C(=O)N[C@@H](CCCNC(N)=O)C(=O)N(C)CCN(C)C(=O)OC(C)(C)C. The van der Waals surface area contributed by atoms with Crippen LogP contribution in [0.25, 0.3) is 0 Å². The molecule has 0 aromatic carbocycles. The van der Waals surface area contributed by atoms with Gasteiger partial charge in [-0.25, -0.2) is 9.59 Å². The average Bonchev–Trinajstić information content (AvgIpc) is 2.64. The Morgan fingerprint density at radius 3 is 2.06 bits per heavy atom. The molecule has 180 valence electrons. The molecule has 11 nitrogen and oxygen atoms in total. The van der Waals surface area contributed by atoms with E-state index in [1.165, 1.54) is 9.80 Å². The van der Waals surface area contributed by atoms with Crippen LogP contribution in [-0.2, 0) is 14.3 Å².